The molecule has 0 spiro atoms. The van der Waals surface area contributed by atoms with Gasteiger partial charge < -0.3 is 15.6 Å². The third kappa shape index (κ3) is 3.71. The summed E-state index contributed by atoms with van der Waals surface area (Å²) in [5, 5.41) is 9.27. The van der Waals surface area contributed by atoms with Crippen molar-refractivity contribution in [2.75, 3.05) is 0 Å². The van der Waals surface area contributed by atoms with E-state index in [0.29, 0.717) is 16.3 Å². The predicted octanol–water partition coefficient (Wildman–Crippen LogP) is 3.25. The van der Waals surface area contributed by atoms with Crippen molar-refractivity contribution in [1.29, 1.82) is 0 Å². The Morgan fingerprint density at radius 3 is 2.48 bits per heavy atom. The van der Waals surface area contributed by atoms with Gasteiger partial charge in [0.1, 0.15) is 17.3 Å². The lowest BCUT2D eigenvalue weighted by Gasteiger charge is -2.12. The van der Waals surface area contributed by atoms with E-state index in [0.717, 1.165) is 5.56 Å². The Morgan fingerprint density at radius 1 is 1.24 bits per heavy atom. The molecule has 0 unspecified atom stereocenters. The lowest BCUT2D eigenvalue weighted by molar-refractivity contribution is 0.0697. The van der Waals surface area contributed by atoms with Gasteiger partial charge >= 0.3 is 5.97 Å². The number of ether oxygens (including phenoxy) is 1. The Kier molecular flexibility index (Phi) is 4.77. The second-order valence-electron chi connectivity index (χ2n) is 4.27. The summed E-state index contributed by atoms with van der Waals surface area (Å²) < 4.78 is 5.67. The monoisotopic (exact) mass is 321 g/mol. The number of hydrogen-bond acceptors (Lipinski definition) is 3. The second kappa shape index (κ2) is 6.56. The van der Waals surface area contributed by atoms with Crippen molar-refractivity contribution >= 4 is 34.8 Å². The van der Waals surface area contributed by atoms with Crippen molar-refractivity contribution in [2.24, 2.45) is 5.73 Å². The van der Waals surface area contributed by atoms with Crippen LogP contribution in [0.3, 0.4) is 0 Å². The molecule has 0 fully saturated rings. The third-order valence-electron chi connectivity index (χ3n) is 2.82. The van der Waals surface area contributed by atoms with Gasteiger partial charge in [-0.25, -0.2) is 4.79 Å². The van der Waals surface area contributed by atoms with Crippen LogP contribution in [0.5, 0.6) is 5.75 Å². The lowest BCUT2D eigenvalue weighted by Crippen LogP contribution is -2.12. The largest absolute Gasteiger partial charge is 0.488 e. The molecule has 108 valence electrons. The Morgan fingerprint density at radius 2 is 1.90 bits per heavy atom. The van der Waals surface area contributed by atoms with E-state index in [1.165, 1.54) is 12.1 Å². The third-order valence-corrected chi connectivity index (χ3v) is 3.34. The molecule has 2 aromatic carbocycles. The SMILES string of the molecule is NC(=S)c1c(Cl)cccc1OCc1ccc(C(=O)O)cc1. The first-order chi connectivity index (χ1) is 9.99. The summed E-state index contributed by atoms with van der Waals surface area (Å²) in [6, 6.07) is 11.6. The van der Waals surface area contributed by atoms with E-state index in [9.17, 15) is 4.79 Å². The Balaban J connectivity index is 2.15. The molecule has 0 saturated heterocycles. The topological polar surface area (TPSA) is 72.5 Å². The van der Waals surface area contributed by atoms with Gasteiger partial charge in [-0.2, -0.15) is 0 Å². The van der Waals surface area contributed by atoms with Crippen LogP contribution in [0.25, 0.3) is 0 Å². The smallest absolute Gasteiger partial charge is 0.335 e. The lowest BCUT2D eigenvalue weighted by atomic mass is 10.1. The van der Waals surface area contributed by atoms with Crippen LogP contribution >= 0.6 is 23.8 Å². The highest BCUT2D eigenvalue weighted by atomic mass is 35.5. The van der Waals surface area contributed by atoms with Crippen LogP contribution < -0.4 is 10.5 Å². The van der Waals surface area contributed by atoms with Crippen molar-refractivity contribution in [2.45, 2.75) is 6.61 Å². The molecule has 21 heavy (non-hydrogen) atoms. The maximum atomic E-state index is 10.8. The highest BCUT2D eigenvalue weighted by Gasteiger charge is 2.11. The number of benzene rings is 2. The Labute approximate surface area is 132 Å². The number of thiocarbonyl (C=S) groups is 1. The first kappa shape index (κ1) is 15.3. The van der Waals surface area contributed by atoms with E-state index in [1.54, 1.807) is 30.3 Å². The molecule has 0 aliphatic rings. The number of nitrogens with two attached hydrogens (primary N) is 1. The highest BCUT2D eigenvalue weighted by Crippen LogP contribution is 2.27. The summed E-state index contributed by atoms with van der Waals surface area (Å²) in [7, 11) is 0. The standard InChI is InChI=1S/C15H12ClNO3S/c16-11-2-1-3-12(13(11)14(17)21)20-8-9-4-6-10(7-5-9)15(18)19/h1-7H,8H2,(H2,17,21)(H,18,19). The summed E-state index contributed by atoms with van der Waals surface area (Å²) in [5.74, 6) is -0.467. The number of halogens is 1. The molecule has 0 amide bonds. The molecule has 0 radical (unpaired) electrons. The number of rotatable bonds is 5. The zero-order valence-electron chi connectivity index (χ0n) is 10.9. The van der Waals surface area contributed by atoms with Crippen LogP contribution in [0.1, 0.15) is 21.5 Å². The van der Waals surface area contributed by atoms with Crippen LogP contribution in [-0.2, 0) is 6.61 Å². The summed E-state index contributed by atoms with van der Waals surface area (Å²) in [4.78, 5) is 10.9. The first-order valence-electron chi connectivity index (χ1n) is 6.02. The van der Waals surface area contributed by atoms with Gasteiger partial charge in [0.25, 0.3) is 0 Å². The van der Waals surface area contributed by atoms with Gasteiger partial charge in [0.2, 0.25) is 0 Å². The van der Waals surface area contributed by atoms with E-state index >= 15 is 0 Å². The van der Waals surface area contributed by atoms with Crippen LogP contribution in [0, 0.1) is 0 Å². The van der Waals surface area contributed by atoms with E-state index in [-0.39, 0.29) is 17.2 Å². The normalized spacial score (nSPS) is 10.1. The zero-order chi connectivity index (χ0) is 15.4. The molecule has 0 bridgehead atoms. The molecule has 4 nitrogen and oxygen atoms in total. The van der Waals surface area contributed by atoms with Crippen molar-refractivity contribution in [3.63, 3.8) is 0 Å². The number of carboxylic acids is 1. The van der Waals surface area contributed by atoms with Gasteiger partial charge in [-0.15, -0.1) is 0 Å². The quantitative estimate of drug-likeness (QED) is 0.827. The molecule has 0 aliphatic carbocycles. The van der Waals surface area contributed by atoms with E-state index < -0.39 is 5.97 Å². The number of aromatic carboxylic acids is 1. The average Bonchev–Trinajstić information content (AvgIpc) is 2.45. The fourth-order valence-electron chi connectivity index (χ4n) is 1.77. The summed E-state index contributed by atoms with van der Waals surface area (Å²) in [6.45, 7) is 0.260. The Bertz CT molecular complexity index is 686. The van der Waals surface area contributed by atoms with Gasteiger partial charge in [0.15, 0.2) is 0 Å². The molecule has 0 atom stereocenters. The Hall–Kier alpha value is -2.11. The summed E-state index contributed by atoms with van der Waals surface area (Å²) >= 11 is 11.0. The molecule has 0 aliphatic heterocycles. The fraction of sp³-hybridized carbons (Fsp3) is 0.0667. The number of carboxylic acid groups (broad SMARTS) is 1. The molecule has 0 aromatic heterocycles. The molecule has 2 rings (SSSR count). The van der Waals surface area contributed by atoms with Gasteiger partial charge in [-0.3, -0.25) is 0 Å². The zero-order valence-corrected chi connectivity index (χ0v) is 12.4. The maximum Gasteiger partial charge on any atom is 0.335 e. The summed E-state index contributed by atoms with van der Waals surface area (Å²) in [5.41, 5.74) is 7.19. The molecule has 6 heteroatoms. The molecule has 0 saturated carbocycles. The number of hydrogen-bond donors (Lipinski definition) is 2. The van der Waals surface area contributed by atoms with Crippen molar-refractivity contribution in [1.82, 2.24) is 0 Å². The average molecular weight is 322 g/mol. The maximum absolute atomic E-state index is 10.8. The van der Waals surface area contributed by atoms with E-state index in [4.69, 9.17) is 39.4 Å². The van der Waals surface area contributed by atoms with Crippen molar-refractivity contribution in [3.05, 3.63) is 64.2 Å². The molecule has 2 aromatic rings. The highest BCUT2D eigenvalue weighted by molar-refractivity contribution is 7.80. The van der Waals surface area contributed by atoms with Crippen LogP contribution in [0.15, 0.2) is 42.5 Å². The van der Waals surface area contributed by atoms with Crippen molar-refractivity contribution in [3.8, 4) is 5.75 Å². The minimum absolute atomic E-state index is 0.164. The molecular formula is C15H12ClNO3S. The van der Waals surface area contributed by atoms with Gasteiger partial charge in [0, 0.05) is 0 Å². The molecule has 0 heterocycles. The second-order valence-corrected chi connectivity index (χ2v) is 5.12. The molecular weight excluding hydrogens is 310 g/mol. The minimum Gasteiger partial charge on any atom is -0.488 e. The summed E-state index contributed by atoms with van der Waals surface area (Å²) in [6.07, 6.45) is 0. The first-order valence-corrected chi connectivity index (χ1v) is 6.81. The van der Waals surface area contributed by atoms with Crippen LogP contribution in [-0.4, -0.2) is 16.1 Å². The van der Waals surface area contributed by atoms with E-state index in [1.807, 2.05) is 0 Å². The van der Waals surface area contributed by atoms with Crippen molar-refractivity contribution < 1.29 is 14.6 Å². The van der Waals surface area contributed by atoms with Gasteiger partial charge in [-0.1, -0.05) is 42.0 Å². The predicted molar refractivity (Wildman–Crippen MR) is 85.1 cm³/mol. The van der Waals surface area contributed by atoms with Crippen LogP contribution in [0.2, 0.25) is 5.02 Å². The number of carbonyl (C=O) groups is 1. The molecule has 3 N–H and O–H groups in total. The fourth-order valence-corrected chi connectivity index (χ4v) is 2.30. The van der Waals surface area contributed by atoms with Gasteiger partial charge in [-0.05, 0) is 29.8 Å². The van der Waals surface area contributed by atoms with E-state index in [2.05, 4.69) is 0 Å². The minimum atomic E-state index is -0.965. The van der Waals surface area contributed by atoms with Crippen LogP contribution in [0.4, 0.5) is 0 Å². The van der Waals surface area contributed by atoms with Gasteiger partial charge in [0.05, 0.1) is 16.1 Å².